The van der Waals surface area contributed by atoms with Gasteiger partial charge in [-0.1, -0.05) is 55.8 Å². The fourth-order valence-electron chi connectivity index (χ4n) is 3.38. The highest BCUT2D eigenvalue weighted by Gasteiger charge is 2.29. The summed E-state index contributed by atoms with van der Waals surface area (Å²) in [6, 6.07) is 11.5. The summed E-state index contributed by atoms with van der Waals surface area (Å²) < 4.78 is 10.3. The van der Waals surface area contributed by atoms with Crippen LogP contribution in [0.4, 0.5) is 4.79 Å². The van der Waals surface area contributed by atoms with Crippen molar-refractivity contribution in [2.75, 3.05) is 6.61 Å². The minimum atomic E-state index is -1.26. The molecular formula is C27H37N3O6. The van der Waals surface area contributed by atoms with Crippen molar-refractivity contribution in [1.29, 1.82) is 0 Å². The molecule has 9 heteroatoms. The summed E-state index contributed by atoms with van der Waals surface area (Å²) in [6.07, 6.45) is 0.297. The number of benzene rings is 2. The number of amides is 3. The van der Waals surface area contributed by atoms with Crippen LogP contribution in [0, 0.1) is 0 Å². The first kappa shape index (κ1) is 28.6. The molecule has 0 aliphatic rings. The number of nitrogens with one attached hydrogen (secondary N) is 3. The number of unbranched alkanes of at least 4 members (excludes halogenated alkanes) is 1. The Morgan fingerprint density at radius 2 is 1.64 bits per heavy atom. The summed E-state index contributed by atoms with van der Waals surface area (Å²) in [6.45, 7) is 9.04. The maximum Gasteiger partial charge on any atom is 0.408 e. The van der Waals surface area contributed by atoms with E-state index in [0.717, 1.165) is 22.8 Å². The number of hydrogen-bond acceptors (Lipinski definition) is 6. The molecule has 0 aliphatic carbocycles. The van der Waals surface area contributed by atoms with E-state index in [-0.39, 0.29) is 19.6 Å². The van der Waals surface area contributed by atoms with Crippen molar-refractivity contribution in [2.45, 2.75) is 78.1 Å². The molecule has 0 unspecified atom stereocenters. The number of carbonyl (C=O) groups excluding carboxylic acids is 4. The van der Waals surface area contributed by atoms with Crippen LogP contribution in [0.15, 0.2) is 42.5 Å². The second-order valence-electron chi connectivity index (χ2n) is 9.56. The zero-order valence-electron chi connectivity index (χ0n) is 21.7. The lowest BCUT2D eigenvalue weighted by Crippen LogP contribution is -2.53. The maximum atomic E-state index is 12.9. The Balaban J connectivity index is 2.00. The van der Waals surface area contributed by atoms with Gasteiger partial charge in [-0.3, -0.25) is 14.4 Å². The Hall–Kier alpha value is -3.62. The summed E-state index contributed by atoms with van der Waals surface area (Å²) >= 11 is 0. The third-order valence-corrected chi connectivity index (χ3v) is 5.22. The van der Waals surface area contributed by atoms with Crippen molar-refractivity contribution in [2.24, 2.45) is 0 Å². The fourth-order valence-corrected chi connectivity index (χ4v) is 3.38. The lowest BCUT2D eigenvalue weighted by atomic mass is 10.0. The number of carbonyl (C=O) groups is 4. The van der Waals surface area contributed by atoms with E-state index < -0.39 is 41.6 Å². The molecule has 0 heterocycles. The van der Waals surface area contributed by atoms with Gasteiger partial charge in [0.25, 0.3) is 0 Å². The highest BCUT2D eigenvalue weighted by atomic mass is 16.6. The van der Waals surface area contributed by atoms with Gasteiger partial charge in [0.2, 0.25) is 11.8 Å². The van der Waals surface area contributed by atoms with Crippen molar-refractivity contribution in [3.63, 3.8) is 0 Å². The Labute approximate surface area is 212 Å². The Bertz CT molecular complexity index is 1060. The SMILES string of the molecule is CCCCOC(=O)C[C@H](NC(=O)OC(C)(C)C)C(=O)N[C@@H](C)C(=O)NCc1cccc2ccccc12. The number of rotatable bonds is 11. The predicted molar refractivity (Wildman–Crippen MR) is 137 cm³/mol. The van der Waals surface area contributed by atoms with E-state index in [0.29, 0.717) is 6.42 Å². The van der Waals surface area contributed by atoms with Crippen LogP contribution in [0.25, 0.3) is 10.8 Å². The Kier molecular flexibility index (Phi) is 10.7. The molecule has 0 saturated heterocycles. The molecule has 3 amide bonds. The van der Waals surface area contributed by atoms with E-state index in [1.54, 1.807) is 20.8 Å². The van der Waals surface area contributed by atoms with Gasteiger partial charge in [-0.25, -0.2) is 4.79 Å². The summed E-state index contributed by atoms with van der Waals surface area (Å²) in [5.74, 6) is -1.73. The molecule has 36 heavy (non-hydrogen) atoms. The van der Waals surface area contributed by atoms with Crippen LogP contribution >= 0.6 is 0 Å². The van der Waals surface area contributed by atoms with Gasteiger partial charge >= 0.3 is 12.1 Å². The zero-order chi connectivity index (χ0) is 26.7. The second-order valence-corrected chi connectivity index (χ2v) is 9.56. The van der Waals surface area contributed by atoms with Crippen molar-refractivity contribution in [1.82, 2.24) is 16.0 Å². The van der Waals surface area contributed by atoms with Gasteiger partial charge < -0.3 is 25.4 Å². The second kappa shape index (κ2) is 13.5. The minimum absolute atomic E-state index is 0.225. The molecule has 0 saturated carbocycles. The highest BCUT2D eigenvalue weighted by Crippen LogP contribution is 2.18. The van der Waals surface area contributed by atoms with Gasteiger partial charge in [-0.05, 0) is 50.5 Å². The molecule has 0 fully saturated rings. The van der Waals surface area contributed by atoms with Crippen molar-refractivity contribution in [3.8, 4) is 0 Å². The molecule has 0 aliphatic heterocycles. The molecule has 0 aromatic heterocycles. The summed E-state index contributed by atoms with van der Waals surface area (Å²) in [5.41, 5.74) is 0.154. The molecule has 0 radical (unpaired) electrons. The van der Waals surface area contributed by atoms with E-state index in [4.69, 9.17) is 9.47 Å². The average molecular weight is 500 g/mol. The van der Waals surface area contributed by atoms with Crippen LogP contribution in [-0.2, 0) is 30.4 Å². The zero-order valence-corrected chi connectivity index (χ0v) is 21.7. The minimum Gasteiger partial charge on any atom is -0.466 e. The predicted octanol–water partition coefficient (Wildman–Crippen LogP) is 3.59. The fraction of sp³-hybridized carbons (Fsp3) is 0.481. The molecule has 3 N–H and O–H groups in total. The quantitative estimate of drug-likeness (QED) is 0.321. The largest absolute Gasteiger partial charge is 0.466 e. The van der Waals surface area contributed by atoms with E-state index in [1.165, 1.54) is 6.92 Å². The molecule has 2 aromatic carbocycles. The van der Waals surface area contributed by atoms with Crippen LogP contribution in [0.2, 0.25) is 0 Å². The number of hydrogen-bond donors (Lipinski definition) is 3. The maximum absolute atomic E-state index is 12.9. The first-order valence-corrected chi connectivity index (χ1v) is 12.2. The van der Waals surface area contributed by atoms with Gasteiger partial charge in [-0.15, -0.1) is 0 Å². The first-order valence-electron chi connectivity index (χ1n) is 12.2. The molecule has 0 spiro atoms. The van der Waals surface area contributed by atoms with Crippen LogP contribution < -0.4 is 16.0 Å². The molecule has 9 nitrogen and oxygen atoms in total. The molecule has 196 valence electrons. The van der Waals surface area contributed by atoms with E-state index in [9.17, 15) is 19.2 Å². The Morgan fingerprint density at radius 1 is 0.944 bits per heavy atom. The Morgan fingerprint density at radius 3 is 2.33 bits per heavy atom. The molecule has 2 rings (SSSR count). The third kappa shape index (κ3) is 9.56. The van der Waals surface area contributed by atoms with Crippen LogP contribution in [-0.4, -0.2) is 48.2 Å². The van der Waals surface area contributed by atoms with Crippen molar-refractivity contribution in [3.05, 3.63) is 48.0 Å². The normalized spacial score (nSPS) is 12.8. The standard InChI is InChI=1S/C27H37N3O6/c1-6-7-15-35-23(31)16-22(30-26(34)36-27(3,4)5)25(33)29-18(2)24(32)28-17-20-13-10-12-19-11-8-9-14-21(19)20/h8-14,18,22H,6-7,15-17H2,1-5H3,(H,28,32)(H,29,33)(H,30,34)/t18-,22-/m0/s1. The third-order valence-electron chi connectivity index (χ3n) is 5.22. The number of ether oxygens (including phenoxy) is 2. The molecule has 2 atom stereocenters. The summed E-state index contributed by atoms with van der Waals surface area (Å²) in [7, 11) is 0. The molecular weight excluding hydrogens is 462 g/mol. The van der Waals surface area contributed by atoms with E-state index >= 15 is 0 Å². The van der Waals surface area contributed by atoms with Gasteiger partial charge in [-0.2, -0.15) is 0 Å². The van der Waals surface area contributed by atoms with E-state index in [2.05, 4.69) is 16.0 Å². The van der Waals surface area contributed by atoms with E-state index in [1.807, 2.05) is 49.4 Å². The van der Waals surface area contributed by atoms with Crippen LogP contribution in [0.1, 0.15) is 59.4 Å². The smallest absolute Gasteiger partial charge is 0.408 e. The summed E-state index contributed by atoms with van der Waals surface area (Å²) in [5, 5.41) is 9.89. The number of alkyl carbamates (subject to hydrolysis) is 1. The lowest BCUT2D eigenvalue weighted by Gasteiger charge is -2.24. The lowest BCUT2D eigenvalue weighted by molar-refractivity contribution is -0.146. The van der Waals surface area contributed by atoms with Gasteiger partial charge in [0.05, 0.1) is 13.0 Å². The highest BCUT2D eigenvalue weighted by molar-refractivity contribution is 5.93. The first-order chi connectivity index (χ1) is 17.0. The van der Waals surface area contributed by atoms with Crippen molar-refractivity contribution < 1.29 is 28.7 Å². The number of fused-ring (bicyclic) bond motifs is 1. The van der Waals surface area contributed by atoms with Crippen LogP contribution in [0.3, 0.4) is 0 Å². The summed E-state index contributed by atoms with van der Waals surface area (Å²) in [4.78, 5) is 50.1. The van der Waals surface area contributed by atoms with Gasteiger partial charge in [0, 0.05) is 6.54 Å². The average Bonchev–Trinajstić information content (AvgIpc) is 2.80. The van der Waals surface area contributed by atoms with Crippen LogP contribution in [0.5, 0.6) is 0 Å². The van der Waals surface area contributed by atoms with Gasteiger partial charge in [0.1, 0.15) is 17.7 Å². The van der Waals surface area contributed by atoms with Crippen molar-refractivity contribution >= 4 is 34.6 Å². The molecule has 2 aromatic rings. The monoisotopic (exact) mass is 499 g/mol. The number of esters is 1. The topological polar surface area (TPSA) is 123 Å². The molecule has 0 bridgehead atoms. The van der Waals surface area contributed by atoms with Gasteiger partial charge in [0.15, 0.2) is 0 Å².